The average Bonchev–Trinajstić information content (AvgIpc) is 3.50. The van der Waals surface area contributed by atoms with Crippen molar-refractivity contribution in [3.8, 4) is 11.3 Å². The van der Waals surface area contributed by atoms with Crippen molar-refractivity contribution in [3.63, 3.8) is 0 Å². The minimum atomic E-state index is -0.300. The maximum atomic E-state index is 13.3. The molecule has 5 aromatic rings. The van der Waals surface area contributed by atoms with E-state index in [4.69, 9.17) is 4.98 Å². The number of rotatable bonds is 7. The normalized spacial score (nSPS) is 11.1. The maximum absolute atomic E-state index is 13.3. The first kappa shape index (κ1) is 22.2. The van der Waals surface area contributed by atoms with Gasteiger partial charge in [-0.25, -0.2) is 14.1 Å². The van der Waals surface area contributed by atoms with E-state index in [2.05, 4.69) is 20.6 Å². The summed E-state index contributed by atoms with van der Waals surface area (Å²) in [6.07, 6.45) is 1.67. The van der Waals surface area contributed by atoms with Crippen LogP contribution in [0.3, 0.4) is 0 Å². The molecule has 0 atom stereocenters. The van der Waals surface area contributed by atoms with E-state index in [0.29, 0.717) is 44.1 Å². The third-order valence-electron chi connectivity index (χ3n) is 5.13. The molecule has 0 aliphatic carbocycles. The molecule has 3 heterocycles. The van der Waals surface area contributed by atoms with Crippen molar-refractivity contribution in [2.45, 2.75) is 23.6 Å². The number of thioether (sulfide) groups is 1. The van der Waals surface area contributed by atoms with Crippen molar-refractivity contribution in [3.05, 3.63) is 83.8 Å². The molecule has 0 bridgehead atoms. The van der Waals surface area contributed by atoms with Crippen LogP contribution in [0.25, 0.3) is 22.3 Å². The van der Waals surface area contributed by atoms with E-state index in [1.165, 1.54) is 35.2 Å². The Labute approximate surface area is 203 Å². The fourth-order valence-electron chi connectivity index (χ4n) is 3.43. The number of hydrogen-bond acceptors (Lipinski definition) is 7. The van der Waals surface area contributed by atoms with Crippen LogP contribution in [0, 0.1) is 5.82 Å². The van der Waals surface area contributed by atoms with Crippen molar-refractivity contribution in [2.24, 2.45) is 0 Å². The fourth-order valence-corrected chi connectivity index (χ4v) is 5.14. The molecule has 0 radical (unpaired) electrons. The summed E-state index contributed by atoms with van der Waals surface area (Å²) in [4.78, 5) is 18.0. The third-order valence-corrected chi connectivity index (χ3v) is 7.17. The van der Waals surface area contributed by atoms with E-state index in [1.54, 1.807) is 29.1 Å². The number of hydrogen-bond donors (Lipinski definition) is 1. The van der Waals surface area contributed by atoms with Gasteiger partial charge in [-0.05, 0) is 30.7 Å². The van der Waals surface area contributed by atoms with Crippen molar-refractivity contribution >= 4 is 45.2 Å². The summed E-state index contributed by atoms with van der Waals surface area (Å²) < 4.78 is 15.6. The molecule has 0 saturated heterocycles. The number of fused-ring (bicyclic) bond motifs is 1. The number of pyridine rings is 1. The van der Waals surface area contributed by atoms with Gasteiger partial charge in [0.25, 0.3) is 5.91 Å². The SMILES string of the molecule is CCn1ncc2c(C(=O)Nc3nnc(SCc4ccc(F)cc4)s3)cc(-c3ccccc3)nc21. The lowest BCUT2D eigenvalue weighted by Crippen LogP contribution is -2.13. The summed E-state index contributed by atoms with van der Waals surface area (Å²) in [7, 11) is 0. The van der Waals surface area contributed by atoms with Crippen molar-refractivity contribution in [2.75, 3.05) is 5.32 Å². The molecule has 0 spiro atoms. The second kappa shape index (κ2) is 9.70. The molecule has 10 heteroatoms. The van der Waals surface area contributed by atoms with Crippen molar-refractivity contribution in [1.82, 2.24) is 25.0 Å². The first-order chi connectivity index (χ1) is 16.6. The van der Waals surface area contributed by atoms with Crippen LogP contribution in [-0.4, -0.2) is 30.9 Å². The number of aromatic nitrogens is 5. The standard InChI is InChI=1S/C24H19FN6OS2/c1-2-31-21-19(13-26-31)18(12-20(27-21)16-6-4-3-5-7-16)22(32)28-23-29-30-24(34-23)33-14-15-8-10-17(25)11-9-15/h3-13H,2,14H2,1H3,(H,28,29,32). The molecule has 1 N–H and O–H groups in total. The lowest BCUT2D eigenvalue weighted by Gasteiger charge is -2.08. The molecule has 0 unspecified atom stereocenters. The van der Waals surface area contributed by atoms with E-state index in [-0.39, 0.29) is 11.7 Å². The van der Waals surface area contributed by atoms with E-state index in [0.717, 1.165) is 11.1 Å². The highest BCUT2D eigenvalue weighted by Gasteiger charge is 2.19. The van der Waals surface area contributed by atoms with Crippen molar-refractivity contribution in [1.29, 1.82) is 0 Å². The van der Waals surface area contributed by atoms with E-state index in [9.17, 15) is 9.18 Å². The Hall–Kier alpha value is -3.63. The number of nitrogens with zero attached hydrogens (tertiary/aromatic N) is 5. The summed E-state index contributed by atoms with van der Waals surface area (Å²) in [5, 5.41) is 16.6. The summed E-state index contributed by atoms with van der Waals surface area (Å²) in [5.74, 6) is 0.0658. The summed E-state index contributed by atoms with van der Waals surface area (Å²) >= 11 is 2.77. The first-order valence-electron chi connectivity index (χ1n) is 10.5. The zero-order valence-corrected chi connectivity index (χ0v) is 19.7. The predicted octanol–water partition coefficient (Wildman–Crippen LogP) is 5.65. The smallest absolute Gasteiger partial charge is 0.258 e. The topological polar surface area (TPSA) is 85.6 Å². The summed E-state index contributed by atoms with van der Waals surface area (Å²) in [5.41, 5.74) is 3.72. The van der Waals surface area contributed by atoms with Gasteiger partial charge in [-0.1, -0.05) is 65.6 Å². The minimum Gasteiger partial charge on any atom is -0.296 e. The molecule has 0 aliphatic heterocycles. The Bertz CT molecular complexity index is 1450. The number of aryl methyl sites for hydroxylation is 1. The monoisotopic (exact) mass is 490 g/mol. The third kappa shape index (κ3) is 4.68. The molecule has 0 saturated carbocycles. The average molecular weight is 491 g/mol. The van der Waals surface area contributed by atoms with Gasteiger partial charge in [0.05, 0.1) is 22.8 Å². The number of halogens is 1. The largest absolute Gasteiger partial charge is 0.296 e. The van der Waals surface area contributed by atoms with Crippen LogP contribution in [0.5, 0.6) is 0 Å². The van der Waals surface area contributed by atoms with Gasteiger partial charge in [0.15, 0.2) is 9.99 Å². The minimum absolute atomic E-state index is 0.264. The Morgan fingerprint density at radius 3 is 2.68 bits per heavy atom. The molecule has 170 valence electrons. The zero-order valence-electron chi connectivity index (χ0n) is 18.1. The molecule has 1 amide bonds. The lowest BCUT2D eigenvalue weighted by atomic mass is 10.1. The molecule has 0 fully saturated rings. The Kier molecular flexibility index (Phi) is 6.33. The Morgan fingerprint density at radius 2 is 1.91 bits per heavy atom. The van der Waals surface area contributed by atoms with Crippen LogP contribution in [0.15, 0.2) is 71.2 Å². The van der Waals surface area contributed by atoms with Crippen LogP contribution < -0.4 is 5.32 Å². The predicted molar refractivity (Wildman–Crippen MR) is 132 cm³/mol. The highest BCUT2D eigenvalue weighted by molar-refractivity contribution is 8.00. The molecule has 0 aliphatic rings. The highest BCUT2D eigenvalue weighted by atomic mass is 32.2. The lowest BCUT2D eigenvalue weighted by molar-refractivity contribution is 0.102. The number of anilines is 1. The molecular weight excluding hydrogens is 471 g/mol. The van der Waals surface area contributed by atoms with Gasteiger partial charge in [0.2, 0.25) is 5.13 Å². The van der Waals surface area contributed by atoms with Gasteiger partial charge >= 0.3 is 0 Å². The zero-order chi connectivity index (χ0) is 23.5. The molecule has 2 aromatic carbocycles. The van der Waals surface area contributed by atoms with E-state index < -0.39 is 0 Å². The fraction of sp³-hybridized carbons (Fsp3) is 0.125. The van der Waals surface area contributed by atoms with Gasteiger partial charge < -0.3 is 0 Å². The second-order valence-electron chi connectivity index (χ2n) is 7.36. The van der Waals surface area contributed by atoms with Gasteiger partial charge in [-0.2, -0.15) is 5.10 Å². The van der Waals surface area contributed by atoms with E-state index >= 15 is 0 Å². The highest BCUT2D eigenvalue weighted by Crippen LogP contribution is 2.30. The van der Waals surface area contributed by atoms with Crippen LogP contribution in [0.2, 0.25) is 0 Å². The van der Waals surface area contributed by atoms with Gasteiger partial charge in [-0.15, -0.1) is 10.2 Å². The number of amides is 1. The van der Waals surface area contributed by atoms with Crippen LogP contribution >= 0.6 is 23.1 Å². The molecular formula is C24H19FN6OS2. The quantitative estimate of drug-likeness (QED) is 0.234. The van der Waals surface area contributed by atoms with Gasteiger partial charge in [-0.3, -0.25) is 10.1 Å². The second-order valence-corrected chi connectivity index (χ2v) is 9.56. The molecule has 34 heavy (non-hydrogen) atoms. The summed E-state index contributed by atoms with van der Waals surface area (Å²) in [6, 6.07) is 17.8. The molecule has 3 aromatic heterocycles. The van der Waals surface area contributed by atoms with Gasteiger partial charge in [0.1, 0.15) is 5.82 Å². The van der Waals surface area contributed by atoms with Crippen molar-refractivity contribution < 1.29 is 9.18 Å². The Balaban J connectivity index is 1.38. The number of nitrogens with one attached hydrogen (secondary N) is 1. The first-order valence-corrected chi connectivity index (χ1v) is 12.3. The number of carbonyl (C=O) groups is 1. The molecule has 7 nitrogen and oxygen atoms in total. The van der Waals surface area contributed by atoms with Crippen LogP contribution in [-0.2, 0) is 12.3 Å². The summed E-state index contributed by atoms with van der Waals surface area (Å²) in [6.45, 7) is 2.62. The number of benzene rings is 2. The van der Waals surface area contributed by atoms with E-state index in [1.807, 2.05) is 37.3 Å². The number of carbonyl (C=O) groups excluding carboxylic acids is 1. The maximum Gasteiger partial charge on any atom is 0.258 e. The Morgan fingerprint density at radius 1 is 1.12 bits per heavy atom. The van der Waals surface area contributed by atoms with Crippen LogP contribution in [0.1, 0.15) is 22.8 Å². The van der Waals surface area contributed by atoms with Gasteiger partial charge in [0, 0.05) is 17.9 Å². The molecule has 5 rings (SSSR count). The van der Waals surface area contributed by atoms with Crippen LogP contribution in [0.4, 0.5) is 9.52 Å².